The molecule has 0 bridgehead atoms. The van der Waals surface area contributed by atoms with Crippen LogP contribution in [-0.2, 0) is 0 Å². The van der Waals surface area contributed by atoms with Gasteiger partial charge in [0.25, 0.3) is 0 Å². The molecule has 0 unspecified atom stereocenters. The fraction of sp³-hybridized carbons (Fsp3) is 0.250. The van der Waals surface area contributed by atoms with Gasteiger partial charge in [-0.1, -0.05) is 0 Å². The Balaban J connectivity index is 2.09. The van der Waals surface area contributed by atoms with E-state index < -0.39 is 0 Å². The maximum Gasteiger partial charge on any atom is 0.0577 e. The molecule has 0 atom stereocenters. The fourth-order valence-corrected chi connectivity index (χ4v) is 6.15. The molecule has 4 heteroatoms. The summed E-state index contributed by atoms with van der Waals surface area (Å²) in [6, 6.07) is 6.78. The molecule has 0 spiro atoms. The van der Waals surface area contributed by atoms with Crippen LogP contribution < -0.4 is 0 Å². The minimum Gasteiger partial charge on any atom is -0.139 e. The zero-order valence-corrected chi connectivity index (χ0v) is 15.2. The number of thiophene rings is 3. The Kier molecular flexibility index (Phi) is 3.84. The molecule has 3 heterocycles. The van der Waals surface area contributed by atoms with Crippen LogP contribution in [0.5, 0.6) is 0 Å². The van der Waals surface area contributed by atoms with E-state index in [1.807, 2.05) is 22.7 Å². The van der Waals surface area contributed by atoms with Crippen molar-refractivity contribution < 1.29 is 0 Å². The van der Waals surface area contributed by atoms with Crippen LogP contribution >= 0.6 is 46.6 Å². The van der Waals surface area contributed by atoms with Crippen molar-refractivity contribution in [2.75, 3.05) is 0 Å². The SMILES string of the molecule is Cc1cc(-c2sc(-c3sc(S)cc3C)cc2C)sc1C. The van der Waals surface area contributed by atoms with Gasteiger partial charge in [-0.2, -0.15) is 0 Å². The Morgan fingerprint density at radius 2 is 1.25 bits per heavy atom. The van der Waals surface area contributed by atoms with Crippen molar-refractivity contribution in [3.63, 3.8) is 0 Å². The van der Waals surface area contributed by atoms with Crippen molar-refractivity contribution in [3.8, 4) is 19.5 Å². The lowest BCUT2D eigenvalue weighted by Gasteiger charge is -1.94. The number of hydrogen-bond donors (Lipinski definition) is 1. The van der Waals surface area contributed by atoms with E-state index in [0.717, 1.165) is 4.21 Å². The van der Waals surface area contributed by atoms with Crippen LogP contribution in [0.15, 0.2) is 22.4 Å². The molecule has 0 aromatic carbocycles. The molecule has 0 aliphatic rings. The van der Waals surface area contributed by atoms with E-state index in [1.54, 1.807) is 11.3 Å². The van der Waals surface area contributed by atoms with Crippen LogP contribution in [0.25, 0.3) is 19.5 Å². The molecule has 20 heavy (non-hydrogen) atoms. The lowest BCUT2D eigenvalue weighted by Crippen LogP contribution is -1.68. The van der Waals surface area contributed by atoms with Crippen molar-refractivity contribution in [3.05, 3.63) is 39.8 Å². The van der Waals surface area contributed by atoms with E-state index in [-0.39, 0.29) is 0 Å². The van der Waals surface area contributed by atoms with E-state index in [2.05, 4.69) is 58.5 Å². The summed E-state index contributed by atoms with van der Waals surface area (Å²) in [6.07, 6.45) is 0. The second kappa shape index (κ2) is 5.34. The van der Waals surface area contributed by atoms with E-state index in [4.69, 9.17) is 0 Å². The van der Waals surface area contributed by atoms with Crippen molar-refractivity contribution in [1.29, 1.82) is 0 Å². The Hall–Kier alpha value is -0.550. The standard InChI is InChI=1S/C16H16S4/c1-8-5-12(18-11(8)4)15-9(2)6-13(19-15)16-10(3)7-14(17)20-16/h5-7,17H,1-4H3. The first-order chi connectivity index (χ1) is 9.45. The topological polar surface area (TPSA) is 0 Å². The highest BCUT2D eigenvalue weighted by atomic mass is 32.2. The van der Waals surface area contributed by atoms with Gasteiger partial charge in [0.1, 0.15) is 0 Å². The Bertz CT molecular complexity index is 751. The first-order valence-corrected chi connectivity index (χ1v) is 9.33. The molecule has 0 radical (unpaired) electrons. The van der Waals surface area contributed by atoms with Gasteiger partial charge in [-0.25, -0.2) is 0 Å². The van der Waals surface area contributed by atoms with Gasteiger partial charge in [0.15, 0.2) is 0 Å². The first kappa shape index (κ1) is 14.4. The quantitative estimate of drug-likeness (QED) is 0.493. The van der Waals surface area contributed by atoms with Gasteiger partial charge in [0.05, 0.1) is 4.21 Å². The highest BCUT2D eigenvalue weighted by molar-refractivity contribution is 7.83. The Labute approximate surface area is 137 Å². The van der Waals surface area contributed by atoms with Crippen LogP contribution in [0.3, 0.4) is 0 Å². The van der Waals surface area contributed by atoms with E-state index in [1.165, 1.54) is 41.1 Å². The second-order valence-corrected chi connectivity index (χ2v) is 9.21. The molecule has 3 aromatic heterocycles. The lowest BCUT2D eigenvalue weighted by atomic mass is 10.2. The zero-order chi connectivity index (χ0) is 14.4. The largest absolute Gasteiger partial charge is 0.139 e. The maximum absolute atomic E-state index is 4.47. The summed E-state index contributed by atoms with van der Waals surface area (Å²) >= 11 is 10.0. The Morgan fingerprint density at radius 3 is 1.80 bits per heavy atom. The molecule has 0 amide bonds. The molecular formula is C16H16S4. The van der Waals surface area contributed by atoms with Gasteiger partial charge in [-0.15, -0.1) is 46.6 Å². The van der Waals surface area contributed by atoms with Gasteiger partial charge in [0.2, 0.25) is 0 Å². The summed E-state index contributed by atoms with van der Waals surface area (Å²) in [5, 5.41) is 0. The summed E-state index contributed by atoms with van der Waals surface area (Å²) in [4.78, 5) is 6.95. The third-order valence-corrected chi connectivity index (χ3v) is 7.63. The van der Waals surface area contributed by atoms with Crippen LogP contribution in [0, 0.1) is 27.7 Å². The highest BCUT2D eigenvalue weighted by Gasteiger charge is 2.15. The zero-order valence-electron chi connectivity index (χ0n) is 11.9. The minimum atomic E-state index is 1.09. The summed E-state index contributed by atoms with van der Waals surface area (Å²) in [5.41, 5.74) is 4.09. The number of rotatable bonds is 2. The van der Waals surface area contributed by atoms with Crippen LogP contribution in [-0.4, -0.2) is 0 Å². The molecule has 3 aromatic rings. The monoisotopic (exact) mass is 336 g/mol. The molecular weight excluding hydrogens is 320 g/mol. The van der Waals surface area contributed by atoms with Gasteiger partial charge in [-0.05, 0) is 62.6 Å². The predicted molar refractivity (Wildman–Crippen MR) is 97.1 cm³/mol. The molecule has 3 rings (SSSR count). The van der Waals surface area contributed by atoms with Crippen LogP contribution in [0.4, 0.5) is 0 Å². The maximum atomic E-state index is 4.47. The third kappa shape index (κ3) is 2.50. The normalized spacial score (nSPS) is 11.2. The molecule has 0 fully saturated rings. The summed E-state index contributed by atoms with van der Waals surface area (Å²) in [5.74, 6) is 0. The fourth-order valence-electron chi connectivity index (χ4n) is 2.23. The summed E-state index contributed by atoms with van der Waals surface area (Å²) in [6.45, 7) is 8.77. The molecule has 104 valence electrons. The molecule has 0 nitrogen and oxygen atoms in total. The van der Waals surface area contributed by atoms with Gasteiger partial charge in [-0.3, -0.25) is 0 Å². The summed E-state index contributed by atoms with van der Waals surface area (Å²) < 4.78 is 1.09. The molecule has 0 saturated heterocycles. The smallest absolute Gasteiger partial charge is 0.0577 e. The molecule has 0 N–H and O–H groups in total. The molecule has 0 aliphatic heterocycles. The molecule has 0 aliphatic carbocycles. The highest BCUT2D eigenvalue weighted by Crippen LogP contribution is 2.44. The first-order valence-electron chi connectivity index (χ1n) is 6.43. The van der Waals surface area contributed by atoms with E-state index in [9.17, 15) is 0 Å². The number of aryl methyl sites for hydroxylation is 4. The van der Waals surface area contributed by atoms with E-state index in [0.29, 0.717) is 0 Å². The molecule has 0 saturated carbocycles. The van der Waals surface area contributed by atoms with Gasteiger partial charge < -0.3 is 0 Å². The van der Waals surface area contributed by atoms with Crippen LogP contribution in [0.2, 0.25) is 0 Å². The number of thiol groups is 1. The third-order valence-electron chi connectivity index (χ3n) is 3.44. The lowest BCUT2D eigenvalue weighted by molar-refractivity contribution is 1.44. The van der Waals surface area contributed by atoms with Crippen molar-refractivity contribution in [2.24, 2.45) is 0 Å². The van der Waals surface area contributed by atoms with Crippen molar-refractivity contribution >= 4 is 46.6 Å². The van der Waals surface area contributed by atoms with E-state index >= 15 is 0 Å². The number of hydrogen-bond acceptors (Lipinski definition) is 4. The average Bonchev–Trinajstić information content (AvgIpc) is 2.99. The minimum absolute atomic E-state index is 1.09. The van der Waals surface area contributed by atoms with Crippen molar-refractivity contribution in [2.45, 2.75) is 31.9 Å². The average molecular weight is 337 g/mol. The van der Waals surface area contributed by atoms with Gasteiger partial charge >= 0.3 is 0 Å². The second-order valence-electron chi connectivity index (χ2n) is 5.07. The predicted octanol–water partition coefficient (Wildman–Crippen LogP) is 6.73. The Morgan fingerprint density at radius 1 is 0.700 bits per heavy atom. The summed E-state index contributed by atoms with van der Waals surface area (Å²) in [7, 11) is 0. The van der Waals surface area contributed by atoms with Crippen LogP contribution in [0.1, 0.15) is 21.6 Å². The van der Waals surface area contributed by atoms with Gasteiger partial charge in [0, 0.05) is 24.4 Å². The van der Waals surface area contributed by atoms with Crippen molar-refractivity contribution in [1.82, 2.24) is 0 Å².